The minimum absolute atomic E-state index is 0.0174. The fraction of sp³-hybridized carbons (Fsp3) is 0.312. The molecule has 3 aromatic carbocycles. The lowest BCUT2D eigenvalue weighted by atomic mass is 9.83. The summed E-state index contributed by atoms with van der Waals surface area (Å²) in [5.41, 5.74) is 9.27. The van der Waals surface area contributed by atoms with Crippen LogP contribution in [0.2, 0.25) is 0 Å². The van der Waals surface area contributed by atoms with Gasteiger partial charge in [0, 0.05) is 11.6 Å². The first-order chi connectivity index (χ1) is 18.7. The van der Waals surface area contributed by atoms with Crippen LogP contribution in [0.1, 0.15) is 63.1 Å². The number of rotatable bonds is 9. The third kappa shape index (κ3) is 6.71. The van der Waals surface area contributed by atoms with E-state index in [1.165, 1.54) is 5.56 Å². The van der Waals surface area contributed by atoms with Crippen LogP contribution in [0.25, 0.3) is 0 Å². The predicted octanol–water partition coefficient (Wildman–Crippen LogP) is 6.37. The van der Waals surface area contributed by atoms with Crippen LogP contribution >= 0.6 is 0 Å². The van der Waals surface area contributed by atoms with Gasteiger partial charge in [-0.2, -0.15) is 5.26 Å². The summed E-state index contributed by atoms with van der Waals surface area (Å²) in [6.45, 7) is 8.92. The van der Waals surface area contributed by atoms with Gasteiger partial charge in [0.2, 0.25) is 5.88 Å². The molecule has 2 N–H and O–H groups in total. The van der Waals surface area contributed by atoms with Crippen LogP contribution in [-0.2, 0) is 10.2 Å². The highest BCUT2D eigenvalue weighted by Gasteiger charge is 2.31. The van der Waals surface area contributed by atoms with E-state index in [9.17, 15) is 10.1 Å². The van der Waals surface area contributed by atoms with Gasteiger partial charge in [-0.15, -0.1) is 0 Å². The van der Waals surface area contributed by atoms with Crippen LogP contribution in [0.4, 0.5) is 0 Å². The first-order valence-corrected chi connectivity index (χ1v) is 13.1. The average Bonchev–Trinajstić information content (AvgIpc) is 2.91. The fourth-order valence-electron chi connectivity index (χ4n) is 4.29. The van der Waals surface area contributed by atoms with E-state index in [1.807, 2.05) is 48.5 Å². The van der Waals surface area contributed by atoms with Gasteiger partial charge in [0.15, 0.2) is 6.61 Å². The topological polar surface area (TPSA) is 104 Å². The second-order valence-electron chi connectivity index (χ2n) is 10.4. The van der Waals surface area contributed by atoms with Crippen LogP contribution in [0, 0.1) is 11.3 Å². The Hall–Kier alpha value is -4.44. The first-order valence-electron chi connectivity index (χ1n) is 13.1. The number of fused-ring (bicyclic) bond motifs is 1. The Balaban J connectivity index is 1.46. The Kier molecular flexibility index (Phi) is 8.46. The molecule has 0 spiro atoms. The molecule has 7 nitrogen and oxygen atoms in total. The molecule has 1 atom stereocenters. The van der Waals surface area contributed by atoms with E-state index in [2.05, 4.69) is 33.8 Å². The van der Waals surface area contributed by atoms with Gasteiger partial charge in [0.05, 0.1) is 12.5 Å². The zero-order valence-electron chi connectivity index (χ0n) is 22.8. The Bertz CT molecular complexity index is 1380. The molecular weight excluding hydrogens is 492 g/mol. The highest BCUT2D eigenvalue weighted by Crippen LogP contribution is 2.43. The van der Waals surface area contributed by atoms with Crippen molar-refractivity contribution in [3.63, 3.8) is 0 Å². The van der Waals surface area contributed by atoms with Crippen LogP contribution in [0.5, 0.6) is 23.0 Å². The fourth-order valence-corrected chi connectivity index (χ4v) is 4.29. The molecule has 0 saturated heterocycles. The molecule has 0 fully saturated rings. The zero-order valence-corrected chi connectivity index (χ0v) is 22.8. The summed E-state index contributed by atoms with van der Waals surface area (Å²) >= 11 is 0. The number of unbranched alkanes of at least 4 members (excludes halogenated alkanes) is 1. The molecule has 0 aromatic heterocycles. The van der Waals surface area contributed by atoms with E-state index < -0.39 is 11.9 Å². The number of ether oxygens (including phenoxy) is 4. The van der Waals surface area contributed by atoms with Crippen molar-refractivity contribution in [1.29, 1.82) is 5.26 Å². The van der Waals surface area contributed by atoms with E-state index >= 15 is 0 Å². The van der Waals surface area contributed by atoms with E-state index in [0.717, 1.165) is 29.7 Å². The molecule has 0 radical (unpaired) electrons. The van der Waals surface area contributed by atoms with Crippen molar-refractivity contribution in [2.75, 3.05) is 13.2 Å². The first kappa shape index (κ1) is 27.6. The molecule has 4 rings (SSSR count). The number of nitrogens with zero attached hydrogens (tertiary/aromatic N) is 1. The van der Waals surface area contributed by atoms with Crippen molar-refractivity contribution in [2.45, 2.75) is 51.9 Å². The number of nitrogens with two attached hydrogens (primary N) is 1. The zero-order chi connectivity index (χ0) is 28.0. The number of hydrogen-bond donors (Lipinski definition) is 1. The molecule has 1 aliphatic rings. The van der Waals surface area contributed by atoms with Gasteiger partial charge >= 0.3 is 5.97 Å². The minimum atomic E-state index is -0.554. The number of carbonyl (C=O) groups excluding carboxylic acids is 1. The largest absolute Gasteiger partial charge is 0.494 e. The van der Waals surface area contributed by atoms with Crippen molar-refractivity contribution >= 4 is 5.97 Å². The third-order valence-electron chi connectivity index (χ3n) is 6.48. The lowest BCUT2D eigenvalue weighted by Gasteiger charge is -2.26. The number of allylic oxidation sites excluding steroid dienone is 1. The normalized spacial score (nSPS) is 14.6. The van der Waals surface area contributed by atoms with Crippen molar-refractivity contribution in [3.05, 3.63) is 94.9 Å². The standard InChI is InChI=1S/C32H34N2O5/c1-5-6-17-36-23-11-7-21(8-12-23)30-26-16-15-25(18-28(26)39-31(34)27(30)19-33)38-29(35)20-37-24-13-9-22(10-14-24)32(2,3)4/h7-16,18,30H,5-6,17,20,34H2,1-4H3. The predicted molar refractivity (Wildman–Crippen MR) is 149 cm³/mol. The molecule has 39 heavy (non-hydrogen) atoms. The van der Waals surface area contributed by atoms with Gasteiger partial charge in [0.25, 0.3) is 0 Å². The molecule has 3 aromatic rings. The lowest BCUT2D eigenvalue weighted by Crippen LogP contribution is -2.21. The lowest BCUT2D eigenvalue weighted by molar-refractivity contribution is -0.136. The molecule has 1 aliphatic heterocycles. The maximum absolute atomic E-state index is 12.5. The van der Waals surface area contributed by atoms with Gasteiger partial charge in [-0.25, -0.2) is 4.79 Å². The number of esters is 1. The van der Waals surface area contributed by atoms with E-state index in [4.69, 9.17) is 24.7 Å². The number of carbonyl (C=O) groups is 1. The quantitative estimate of drug-likeness (QED) is 0.196. The Morgan fingerprint density at radius 2 is 1.62 bits per heavy atom. The molecule has 0 bridgehead atoms. The van der Waals surface area contributed by atoms with Gasteiger partial charge < -0.3 is 24.7 Å². The molecule has 0 saturated carbocycles. The van der Waals surface area contributed by atoms with Crippen molar-refractivity contribution in [3.8, 4) is 29.1 Å². The van der Waals surface area contributed by atoms with Crippen molar-refractivity contribution in [1.82, 2.24) is 0 Å². The summed E-state index contributed by atoms with van der Waals surface area (Å²) in [6, 6.07) is 22.5. The van der Waals surface area contributed by atoms with Gasteiger partial charge in [0.1, 0.15) is 34.6 Å². The average molecular weight is 527 g/mol. The maximum atomic E-state index is 12.5. The Morgan fingerprint density at radius 3 is 2.26 bits per heavy atom. The van der Waals surface area contributed by atoms with Gasteiger partial charge in [-0.1, -0.05) is 64.4 Å². The molecule has 7 heteroatoms. The molecular formula is C32H34N2O5. The summed E-state index contributed by atoms with van der Waals surface area (Å²) < 4.78 is 22.6. The molecule has 202 valence electrons. The van der Waals surface area contributed by atoms with Crippen LogP contribution < -0.4 is 24.7 Å². The molecule has 0 amide bonds. The number of hydrogen-bond acceptors (Lipinski definition) is 7. The highest BCUT2D eigenvalue weighted by atomic mass is 16.6. The van der Waals surface area contributed by atoms with Crippen molar-refractivity contribution < 1.29 is 23.7 Å². The SMILES string of the molecule is CCCCOc1ccc(C2C(C#N)=C(N)Oc3cc(OC(=O)COc4ccc(C(C)(C)C)cc4)ccc32)cc1. The van der Waals surface area contributed by atoms with Gasteiger partial charge in [-0.05, 0) is 53.3 Å². The Labute approximate surface area is 229 Å². The Morgan fingerprint density at radius 1 is 0.974 bits per heavy atom. The van der Waals surface area contributed by atoms with E-state index in [1.54, 1.807) is 18.2 Å². The molecule has 0 aliphatic carbocycles. The van der Waals surface area contributed by atoms with Gasteiger partial charge in [-0.3, -0.25) is 0 Å². The van der Waals surface area contributed by atoms with E-state index in [0.29, 0.717) is 23.7 Å². The summed E-state index contributed by atoms with van der Waals surface area (Å²) in [6.07, 6.45) is 2.04. The van der Waals surface area contributed by atoms with Crippen LogP contribution in [-0.4, -0.2) is 19.2 Å². The second kappa shape index (κ2) is 12.0. The minimum Gasteiger partial charge on any atom is -0.494 e. The summed E-state index contributed by atoms with van der Waals surface area (Å²) in [5.74, 6) is 1.10. The summed E-state index contributed by atoms with van der Waals surface area (Å²) in [7, 11) is 0. The van der Waals surface area contributed by atoms with Crippen LogP contribution in [0.15, 0.2) is 78.2 Å². The van der Waals surface area contributed by atoms with Crippen LogP contribution in [0.3, 0.4) is 0 Å². The van der Waals surface area contributed by atoms with Crippen molar-refractivity contribution in [2.24, 2.45) is 5.73 Å². The van der Waals surface area contributed by atoms with E-state index in [-0.39, 0.29) is 23.7 Å². The smallest absolute Gasteiger partial charge is 0.349 e. The molecule has 1 unspecified atom stereocenters. The number of nitriles is 1. The second-order valence-corrected chi connectivity index (χ2v) is 10.4. The monoisotopic (exact) mass is 526 g/mol. The highest BCUT2D eigenvalue weighted by molar-refractivity contribution is 5.74. The number of benzene rings is 3. The molecule has 1 heterocycles. The summed E-state index contributed by atoms with van der Waals surface area (Å²) in [4.78, 5) is 12.5. The third-order valence-corrected chi connectivity index (χ3v) is 6.48. The maximum Gasteiger partial charge on any atom is 0.349 e. The summed E-state index contributed by atoms with van der Waals surface area (Å²) in [5, 5.41) is 9.82.